The van der Waals surface area contributed by atoms with Crippen molar-refractivity contribution in [3.05, 3.63) is 129 Å². The fourth-order valence-corrected chi connectivity index (χ4v) is 6.83. The predicted molar refractivity (Wildman–Crippen MR) is 160 cm³/mol. The van der Waals surface area contributed by atoms with E-state index in [-0.39, 0.29) is 18.4 Å². The largest absolute Gasteiger partial charge is 0.334 e. The number of nitrogens with zero attached hydrogens (tertiary/aromatic N) is 3. The molecule has 3 nitrogen and oxygen atoms in total. The Balaban J connectivity index is 1.58. The van der Waals surface area contributed by atoms with Crippen LogP contribution in [0.4, 0.5) is 11.4 Å². The summed E-state index contributed by atoms with van der Waals surface area (Å²) in [6.07, 6.45) is 0.0998. The van der Waals surface area contributed by atoms with Crippen molar-refractivity contribution in [3.8, 4) is 0 Å². The van der Waals surface area contributed by atoms with Crippen LogP contribution >= 0.6 is 0 Å². The summed E-state index contributed by atoms with van der Waals surface area (Å²) in [7, 11) is 0. The van der Waals surface area contributed by atoms with Crippen molar-refractivity contribution in [1.82, 2.24) is 4.90 Å². The summed E-state index contributed by atoms with van der Waals surface area (Å²) < 4.78 is 0. The Hall–Kier alpha value is -3.56. The molecule has 0 aliphatic carbocycles. The molecule has 194 valence electrons. The van der Waals surface area contributed by atoms with E-state index in [0.717, 1.165) is 13.1 Å². The second-order valence-electron chi connectivity index (χ2n) is 11.4. The van der Waals surface area contributed by atoms with Gasteiger partial charge in [0.15, 0.2) is 6.29 Å². The number of rotatable bonds is 5. The van der Waals surface area contributed by atoms with E-state index in [1.807, 2.05) is 0 Å². The maximum atomic E-state index is 2.74. The highest BCUT2D eigenvalue weighted by molar-refractivity contribution is 5.72. The van der Waals surface area contributed by atoms with Crippen molar-refractivity contribution in [2.24, 2.45) is 0 Å². The Morgan fingerprint density at radius 2 is 1.00 bits per heavy atom. The summed E-state index contributed by atoms with van der Waals surface area (Å²) in [6.45, 7) is 15.6. The van der Waals surface area contributed by atoms with Crippen LogP contribution in [0.2, 0.25) is 0 Å². The lowest BCUT2D eigenvalue weighted by Crippen LogP contribution is -2.64. The average Bonchev–Trinajstić information content (AvgIpc) is 2.91. The highest BCUT2D eigenvalue weighted by atomic mass is 15.5. The van der Waals surface area contributed by atoms with E-state index in [1.54, 1.807) is 0 Å². The lowest BCUT2D eigenvalue weighted by molar-refractivity contribution is 0.0792. The van der Waals surface area contributed by atoms with Gasteiger partial charge in [-0.25, -0.2) is 0 Å². The zero-order valence-electron chi connectivity index (χ0n) is 23.6. The minimum Gasteiger partial charge on any atom is -0.334 e. The molecule has 2 aliphatic heterocycles. The number of benzene rings is 4. The van der Waals surface area contributed by atoms with E-state index in [9.17, 15) is 0 Å². The molecule has 2 atom stereocenters. The highest BCUT2D eigenvalue weighted by Crippen LogP contribution is 2.48. The molecule has 6 rings (SSSR count). The summed E-state index contributed by atoms with van der Waals surface area (Å²) in [5.74, 6) is 0. The molecule has 0 radical (unpaired) electrons. The summed E-state index contributed by atoms with van der Waals surface area (Å²) in [5.41, 5.74) is 13.8. The molecule has 0 saturated carbocycles. The molecule has 4 aromatic rings. The molecule has 0 spiro atoms. The van der Waals surface area contributed by atoms with E-state index in [1.165, 1.54) is 55.9 Å². The van der Waals surface area contributed by atoms with Gasteiger partial charge in [0.25, 0.3) is 0 Å². The van der Waals surface area contributed by atoms with E-state index in [2.05, 4.69) is 141 Å². The van der Waals surface area contributed by atoms with Crippen LogP contribution in [0.25, 0.3) is 0 Å². The zero-order valence-corrected chi connectivity index (χ0v) is 23.6. The smallest absolute Gasteiger partial charge is 0.162 e. The van der Waals surface area contributed by atoms with Gasteiger partial charge in [-0.15, -0.1) is 0 Å². The van der Waals surface area contributed by atoms with Crippen molar-refractivity contribution in [1.29, 1.82) is 0 Å². The minimum atomic E-state index is 0.0998. The first-order valence-electron chi connectivity index (χ1n) is 13.9. The Kier molecular flexibility index (Phi) is 6.28. The monoisotopic (exact) mass is 501 g/mol. The van der Waals surface area contributed by atoms with Gasteiger partial charge in [0.05, 0.1) is 0 Å². The Labute approximate surface area is 228 Å². The standard InChI is InChI=1S/C35H39N3/c1-23-17-25(3)31-21-37-34-20-24(2)18-26(4)32(34)22-36(33(31)19-23)35(37)38(27(5)29-13-9-7-10-14-29)28(6)30-15-11-8-12-16-30/h7-20,27-28,35H,21-22H2,1-6H3/t27-,28-/m0/s1. The molecule has 0 aromatic heterocycles. The number of anilines is 2. The maximum absolute atomic E-state index is 2.74. The van der Waals surface area contributed by atoms with Gasteiger partial charge in [0.1, 0.15) is 0 Å². The van der Waals surface area contributed by atoms with Gasteiger partial charge in [-0.1, -0.05) is 72.8 Å². The molecule has 0 unspecified atom stereocenters. The Morgan fingerprint density at radius 1 is 0.605 bits per heavy atom. The molecule has 38 heavy (non-hydrogen) atoms. The molecule has 2 bridgehead atoms. The van der Waals surface area contributed by atoms with Crippen LogP contribution < -0.4 is 9.80 Å². The normalized spacial score (nSPS) is 16.3. The van der Waals surface area contributed by atoms with Crippen molar-refractivity contribution < 1.29 is 0 Å². The molecule has 0 amide bonds. The summed E-state index contributed by atoms with van der Waals surface area (Å²) in [5, 5.41) is 0. The predicted octanol–water partition coefficient (Wildman–Crippen LogP) is 8.37. The number of hydrogen-bond donors (Lipinski definition) is 0. The van der Waals surface area contributed by atoms with Crippen LogP contribution in [-0.2, 0) is 13.1 Å². The lowest BCUT2D eigenvalue weighted by atomic mass is 9.91. The van der Waals surface area contributed by atoms with Crippen molar-refractivity contribution in [2.75, 3.05) is 9.80 Å². The average molecular weight is 502 g/mol. The first-order valence-corrected chi connectivity index (χ1v) is 13.9. The third-order valence-corrected chi connectivity index (χ3v) is 8.75. The quantitative estimate of drug-likeness (QED) is 0.272. The molecular formula is C35H39N3. The van der Waals surface area contributed by atoms with E-state index in [4.69, 9.17) is 0 Å². The summed E-state index contributed by atoms with van der Waals surface area (Å²) in [4.78, 5) is 8.11. The van der Waals surface area contributed by atoms with Crippen LogP contribution in [-0.4, -0.2) is 11.2 Å². The second kappa shape index (κ2) is 9.63. The van der Waals surface area contributed by atoms with Crippen LogP contribution in [0.5, 0.6) is 0 Å². The van der Waals surface area contributed by atoms with Crippen LogP contribution in [0.15, 0.2) is 84.9 Å². The van der Waals surface area contributed by atoms with Gasteiger partial charge < -0.3 is 9.80 Å². The SMILES string of the molecule is Cc1cc(C)c2c(c1)N1Cc3c(C)cc(C)cc3N(C2)C1N([C@@H](C)c1ccccc1)[C@@H](C)c1ccccc1. The van der Waals surface area contributed by atoms with Gasteiger partial charge in [-0.05, 0) is 98.2 Å². The maximum Gasteiger partial charge on any atom is 0.162 e. The first kappa shape index (κ1) is 24.8. The number of fused-ring (bicyclic) bond motifs is 6. The molecule has 3 heteroatoms. The minimum absolute atomic E-state index is 0.0998. The fourth-order valence-electron chi connectivity index (χ4n) is 6.83. The summed E-state index contributed by atoms with van der Waals surface area (Å²) in [6, 6.07) is 32.0. The van der Waals surface area contributed by atoms with Crippen molar-refractivity contribution >= 4 is 11.4 Å². The van der Waals surface area contributed by atoms with Crippen LogP contribution in [0.3, 0.4) is 0 Å². The topological polar surface area (TPSA) is 9.72 Å². The van der Waals surface area contributed by atoms with Crippen molar-refractivity contribution in [2.45, 2.75) is 73.0 Å². The first-order chi connectivity index (χ1) is 18.3. The number of aryl methyl sites for hydroxylation is 4. The van der Waals surface area contributed by atoms with Gasteiger partial charge in [0, 0.05) is 36.5 Å². The van der Waals surface area contributed by atoms with E-state index >= 15 is 0 Å². The third kappa shape index (κ3) is 4.10. The highest BCUT2D eigenvalue weighted by Gasteiger charge is 2.45. The molecule has 0 saturated heterocycles. The summed E-state index contributed by atoms with van der Waals surface area (Å²) >= 11 is 0. The fraction of sp³-hybridized carbons (Fsp3) is 0.314. The van der Waals surface area contributed by atoms with E-state index < -0.39 is 0 Å². The van der Waals surface area contributed by atoms with Gasteiger partial charge in [0.2, 0.25) is 0 Å². The third-order valence-electron chi connectivity index (χ3n) is 8.75. The lowest BCUT2D eigenvalue weighted by Gasteiger charge is -2.58. The Morgan fingerprint density at radius 3 is 1.39 bits per heavy atom. The molecule has 2 aliphatic rings. The van der Waals surface area contributed by atoms with E-state index in [0.29, 0.717) is 0 Å². The molecule has 0 N–H and O–H groups in total. The van der Waals surface area contributed by atoms with Gasteiger partial charge in [-0.3, -0.25) is 4.90 Å². The molecule has 4 aromatic carbocycles. The zero-order chi connectivity index (χ0) is 26.6. The molecule has 0 fully saturated rings. The second-order valence-corrected chi connectivity index (χ2v) is 11.4. The van der Waals surface area contributed by atoms with Crippen LogP contribution in [0.1, 0.15) is 70.4 Å². The molecule has 2 heterocycles. The molecular weight excluding hydrogens is 462 g/mol. The number of hydrogen-bond acceptors (Lipinski definition) is 3. The Bertz CT molecular complexity index is 1350. The van der Waals surface area contributed by atoms with Crippen molar-refractivity contribution in [3.63, 3.8) is 0 Å². The van der Waals surface area contributed by atoms with Gasteiger partial charge in [-0.2, -0.15) is 0 Å². The van der Waals surface area contributed by atoms with Gasteiger partial charge >= 0.3 is 0 Å². The van der Waals surface area contributed by atoms with Crippen LogP contribution in [0, 0.1) is 27.7 Å².